The molecule has 4 aromatic rings. The van der Waals surface area contributed by atoms with Gasteiger partial charge in [-0.15, -0.1) is 0 Å². The van der Waals surface area contributed by atoms with E-state index < -0.39 is 0 Å². The Hall–Kier alpha value is -3.90. The van der Waals surface area contributed by atoms with E-state index in [0.29, 0.717) is 19.4 Å². The molecule has 4 N–H and O–H groups in total. The van der Waals surface area contributed by atoms with Gasteiger partial charge in [0.2, 0.25) is 5.91 Å². The number of nitrogens with zero attached hydrogens (tertiary/aromatic N) is 2. The third kappa shape index (κ3) is 4.72. The molecular weight excluding hydrogens is 424 g/mol. The maximum absolute atomic E-state index is 13.5. The van der Waals surface area contributed by atoms with Gasteiger partial charge in [0.1, 0.15) is 11.6 Å². The van der Waals surface area contributed by atoms with Crippen LogP contribution < -0.4 is 5.73 Å². The monoisotopic (exact) mass is 452 g/mol. The Balaban J connectivity index is 1.37. The second kappa shape index (κ2) is 9.53. The van der Waals surface area contributed by atoms with E-state index in [1.54, 1.807) is 12.1 Å². The Morgan fingerprint density at radius 1 is 1.03 bits per heavy atom. The largest absolute Gasteiger partial charge is 0.508 e. The number of carbonyl (C=O) groups excluding carboxylic acids is 1. The minimum atomic E-state index is -0.314. The van der Waals surface area contributed by atoms with Crippen LogP contribution in [0.25, 0.3) is 11.3 Å². The molecule has 1 aliphatic heterocycles. The average molecular weight is 453 g/mol. The molecule has 6 nitrogen and oxygen atoms in total. The van der Waals surface area contributed by atoms with Gasteiger partial charge in [0, 0.05) is 25.4 Å². The zero-order valence-corrected chi connectivity index (χ0v) is 18.9. The minimum absolute atomic E-state index is 0.0171. The van der Waals surface area contributed by atoms with Crippen molar-refractivity contribution in [2.75, 3.05) is 0 Å². The number of phenols is 1. The molecular formula is C28H28N4O2. The van der Waals surface area contributed by atoms with Gasteiger partial charge < -0.3 is 20.7 Å². The van der Waals surface area contributed by atoms with Crippen LogP contribution in [0.15, 0.2) is 85.1 Å². The van der Waals surface area contributed by atoms with Gasteiger partial charge in [-0.2, -0.15) is 0 Å². The van der Waals surface area contributed by atoms with Gasteiger partial charge in [-0.25, -0.2) is 4.98 Å². The molecule has 0 spiro atoms. The Labute approximate surface area is 199 Å². The average Bonchev–Trinajstić information content (AvgIpc) is 3.35. The summed E-state index contributed by atoms with van der Waals surface area (Å²) in [4.78, 5) is 23.5. The predicted molar refractivity (Wildman–Crippen MR) is 132 cm³/mol. The van der Waals surface area contributed by atoms with Gasteiger partial charge in [0.25, 0.3) is 0 Å². The fourth-order valence-corrected chi connectivity index (χ4v) is 4.65. The molecule has 1 amide bonds. The molecule has 0 saturated heterocycles. The lowest BCUT2D eigenvalue weighted by Crippen LogP contribution is -2.42. The summed E-state index contributed by atoms with van der Waals surface area (Å²) in [6, 6.07) is 24.8. The summed E-state index contributed by atoms with van der Waals surface area (Å²) in [7, 11) is 0. The molecule has 0 saturated carbocycles. The number of amides is 1. The molecule has 2 heterocycles. The summed E-state index contributed by atoms with van der Waals surface area (Å²) in [5, 5.41) is 9.50. The number of benzene rings is 3. The zero-order chi connectivity index (χ0) is 23.5. The number of carbonyl (C=O) groups is 1. The van der Waals surface area contributed by atoms with E-state index in [1.165, 1.54) is 5.56 Å². The highest BCUT2D eigenvalue weighted by molar-refractivity contribution is 5.78. The second-order valence-corrected chi connectivity index (χ2v) is 8.89. The second-order valence-electron chi connectivity index (χ2n) is 8.89. The minimum Gasteiger partial charge on any atom is -0.508 e. The highest BCUT2D eigenvalue weighted by Gasteiger charge is 2.33. The lowest BCUT2D eigenvalue weighted by atomic mass is 9.92. The van der Waals surface area contributed by atoms with Gasteiger partial charge in [-0.3, -0.25) is 4.79 Å². The van der Waals surface area contributed by atoms with Gasteiger partial charge >= 0.3 is 0 Å². The quantitative estimate of drug-likeness (QED) is 0.405. The normalized spacial score (nSPS) is 16.1. The standard InChI is InChI=1S/C28H28N4O2/c29-23(14-19-10-12-24(33)13-11-19)16-27(34)32-18-22-9-5-4-8-21(22)15-26(32)28-30-17-25(31-28)20-6-2-1-3-7-20/h1-13,17,23,26,33H,14-16,18,29H2,(H,30,31). The first-order valence-corrected chi connectivity index (χ1v) is 11.6. The van der Waals surface area contributed by atoms with Crippen LogP contribution in [0.5, 0.6) is 5.75 Å². The van der Waals surface area contributed by atoms with Gasteiger partial charge in [0.15, 0.2) is 0 Å². The number of imidazole rings is 1. The first kappa shape index (κ1) is 21.9. The molecule has 2 unspecified atom stereocenters. The van der Waals surface area contributed by atoms with Crippen molar-refractivity contribution in [1.82, 2.24) is 14.9 Å². The number of H-pyrrole nitrogens is 1. The lowest BCUT2D eigenvalue weighted by Gasteiger charge is -2.36. The van der Waals surface area contributed by atoms with Crippen LogP contribution in [0.3, 0.4) is 0 Å². The number of aromatic amines is 1. The zero-order valence-electron chi connectivity index (χ0n) is 18.9. The van der Waals surface area contributed by atoms with E-state index in [2.05, 4.69) is 22.1 Å². The smallest absolute Gasteiger partial charge is 0.225 e. The Morgan fingerprint density at radius 3 is 2.50 bits per heavy atom. The Morgan fingerprint density at radius 2 is 1.74 bits per heavy atom. The van der Waals surface area contributed by atoms with Crippen LogP contribution in [0, 0.1) is 0 Å². The van der Waals surface area contributed by atoms with E-state index in [4.69, 9.17) is 5.73 Å². The molecule has 0 radical (unpaired) electrons. The van der Waals surface area contributed by atoms with Crippen molar-refractivity contribution in [1.29, 1.82) is 0 Å². The van der Waals surface area contributed by atoms with Crippen LogP contribution in [0.2, 0.25) is 0 Å². The lowest BCUT2D eigenvalue weighted by molar-refractivity contribution is -0.135. The van der Waals surface area contributed by atoms with Crippen molar-refractivity contribution >= 4 is 5.91 Å². The van der Waals surface area contributed by atoms with Gasteiger partial charge in [-0.1, -0.05) is 66.7 Å². The summed E-state index contributed by atoms with van der Waals surface area (Å²) in [5.41, 5.74) is 11.8. The number of nitrogens with one attached hydrogen (secondary N) is 1. The predicted octanol–water partition coefficient (Wildman–Crippen LogP) is 4.37. The first-order valence-electron chi connectivity index (χ1n) is 11.6. The number of phenolic OH excluding ortho intramolecular Hbond substituents is 1. The fourth-order valence-electron chi connectivity index (χ4n) is 4.65. The number of aromatic nitrogens is 2. The van der Waals surface area contributed by atoms with Crippen molar-refractivity contribution in [2.45, 2.75) is 37.9 Å². The first-order chi connectivity index (χ1) is 16.6. The molecule has 0 bridgehead atoms. The summed E-state index contributed by atoms with van der Waals surface area (Å²) < 4.78 is 0. The van der Waals surface area contributed by atoms with Crippen LogP contribution in [0.1, 0.15) is 35.0 Å². The van der Waals surface area contributed by atoms with E-state index >= 15 is 0 Å². The molecule has 0 aliphatic carbocycles. The van der Waals surface area contributed by atoms with E-state index in [-0.39, 0.29) is 30.2 Å². The number of fused-ring (bicyclic) bond motifs is 1. The van der Waals surface area contributed by atoms with E-state index in [0.717, 1.165) is 28.2 Å². The number of aromatic hydroxyl groups is 1. The van der Waals surface area contributed by atoms with Crippen LogP contribution in [-0.4, -0.2) is 31.9 Å². The fraction of sp³-hybridized carbons (Fsp3) is 0.214. The number of hydrogen-bond donors (Lipinski definition) is 3. The number of hydrogen-bond acceptors (Lipinski definition) is 4. The topological polar surface area (TPSA) is 95.2 Å². The van der Waals surface area contributed by atoms with Crippen molar-refractivity contribution in [2.24, 2.45) is 5.73 Å². The SMILES string of the molecule is NC(CC(=O)N1Cc2ccccc2CC1c1ncc(-c2ccccc2)[nH]1)Cc1ccc(O)cc1. The molecule has 0 fully saturated rings. The third-order valence-corrected chi connectivity index (χ3v) is 6.44. The maximum Gasteiger partial charge on any atom is 0.225 e. The Kier molecular flexibility index (Phi) is 6.14. The van der Waals surface area contributed by atoms with E-state index in [9.17, 15) is 9.90 Å². The molecule has 2 atom stereocenters. The maximum atomic E-state index is 13.5. The molecule has 3 aromatic carbocycles. The summed E-state index contributed by atoms with van der Waals surface area (Å²) in [5.74, 6) is 1.02. The van der Waals surface area contributed by atoms with Crippen LogP contribution >= 0.6 is 0 Å². The highest BCUT2D eigenvalue weighted by atomic mass is 16.3. The highest BCUT2D eigenvalue weighted by Crippen LogP contribution is 2.33. The molecule has 172 valence electrons. The van der Waals surface area contributed by atoms with Crippen molar-refractivity contribution in [3.8, 4) is 17.0 Å². The molecule has 1 aliphatic rings. The van der Waals surface area contributed by atoms with Crippen molar-refractivity contribution in [3.63, 3.8) is 0 Å². The van der Waals surface area contributed by atoms with E-state index in [1.807, 2.05) is 65.7 Å². The molecule has 5 rings (SSSR count). The number of rotatable bonds is 6. The third-order valence-electron chi connectivity index (χ3n) is 6.44. The van der Waals surface area contributed by atoms with Crippen molar-refractivity contribution in [3.05, 3.63) is 108 Å². The van der Waals surface area contributed by atoms with Gasteiger partial charge in [-0.05, 0) is 40.8 Å². The summed E-state index contributed by atoms with van der Waals surface area (Å²) in [6.45, 7) is 0.535. The number of nitrogens with two attached hydrogens (primary N) is 1. The molecule has 1 aromatic heterocycles. The molecule has 34 heavy (non-hydrogen) atoms. The van der Waals surface area contributed by atoms with Crippen LogP contribution in [-0.2, 0) is 24.2 Å². The summed E-state index contributed by atoms with van der Waals surface area (Å²) >= 11 is 0. The molecule has 6 heteroatoms. The van der Waals surface area contributed by atoms with Crippen LogP contribution in [0.4, 0.5) is 0 Å². The Bertz CT molecular complexity index is 1270. The van der Waals surface area contributed by atoms with Crippen molar-refractivity contribution < 1.29 is 9.90 Å². The summed E-state index contributed by atoms with van der Waals surface area (Å²) in [6.07, 6.45) is 3.35. The van der Waals surface area contributed by atoms with Gasteiger partial charge in [0.05, 0.1) is 17.9 Å².